The van der Waals surface area contributed by atoms with Crippen molar-refractivity contribution in [2.24, 2.45) is 0 Å². The molecule has 1 aromatic carbocycles. The molecular formula is C13H19BrN2O2S2. The smallest absolute Gasteiger partial charge is 0.244 e. The van der Waals surface area contributed by atoms with Crippen LogP contribution in [0.4, 0.5) is 5.69 Å². The summed E-state index contributed by atoms with van der Waals surface area (Å²) >= 11 is 5.13. The predicted octanol–water partition coefficient (Wildman–Crippen LogP) is 2.94. The van der Waals surface area contributed by atoms with Crippen LogP contribution in [0.15, 0.2) is 27.6 Å². The molecule has 1 heterocycles. The van der Waals surface area contributed by atoms with Crippen LogP contribution in [0.3, 0.4) is 0 Å². The Morgan fingerprint density at radius 1 is 1.35 bits per heavy atom. The molecule has 1 aromatic rings. The molecule has 0 amide bonds. The zero-order chi connectivity index (χ0) is 15.0. The molecular weight excluding hydrogens is 360 g/mol. The maximum atomic E-state index is 12.7. The summed E-state index contributed by atoms with van der Waals surface area (Å²) < 4.78 is 27.7. The second kappa shape index (κ2) is 5.87. The van der Waals surface area contributed by atoms with E-state index in [1.807, 2.05) is 11.8 Å². The van der Waals surface area contributed by atoms with Crippen molar-refractivity contribution < 1.29 is 8.42 Å². The minimum Gasteiger partial charge on any atom is -0.399 e. The number of hydrogen-bond acceptors (Lipinski definition) is 4. The summed E-state index contributed by atoms with van der Waals surface area (Å²) in [4.78, 5) is 0.288. The van der Waals surface area contributed by atoms with Crippen LogP contribution < -0.4 is 5.73 Å². The van der Waals surface area contributed by atoms with Gasteiger partial charge >= 0.3 is 0 Å². The minimum atomic E-state index is -3.47. The first-order valence-electron chi connectivity index (χ1n) is 6.41. The van der Waals surface area contributed by atoms with Crippen LogP contribution >= 0.6 is 27.7 Å². The SMILES string of the molecule is CC1(C)CCN(S(=O)(=O)c2ccc(N)cc2Br)CCS1. The van der Waals surface area contributed by atoms with Crippen LogP contribution in [0.2, 0.25) is 0 Å². The standard InChI is InChI=1S/C13H19BrN2O2S2/c1-13(2)5-6-16(7-8-19-13)20(17,18)12-4-3-10(15)9-11(12)14/h3-4,9H,5-8,15H2,1-2H3. The number of halogens is 1. The fourth-order valence-corrected chi connectivity index (χ4v) is 5.82. The Labute approximate surface area is 133 Å². The average Bonchev–Trinajstić information content (AvgIpc) is 2.50. The van der Waals surface area contributed by atoms with Crippen molar-refractivity contribution in [1.29, 1.82) is 0 Å². The van der Waals surface area contributed by atoms with E-state index < -0.39 is 10.0 Å². The zero-order valence-corrected chi connectivity index (χ0v) is 14.8. The lowest BCUT2D eigenvalue weighted by molar-refractivity contribution is 0.415. The van der Waals surface area contributed by atoms with Gasteiger partial charge in [-0.05, 0) is 40.5 Å². The Morgan fingerprint density at radius 2 is 2.05 bits per heavy atom. The van der Waals surface area contributed by atoms with Crippen molar-refractivity contribution in [3.05, 3.63) is 22.7 Å². The normalized spacial score (nSPS) is 20.6. The van der Waals surface area contributed by atoms with Crippen molar-refractivity contribution in [2.45, 2.75) is 29.9 Å². The van der Waals surface area contributed by atoms with Gasteiger partial charge in [0.15, 0.2) is 0 Å². The Balaban J connectivity index is 2.30. The fourth-order valence-electron chi connectivity index (χ4n) is 2.11. The largest absolute Gasteiger partial charge is 0.399 e. The maximum absolute atomic E-state index is 12.7. The van der Waals surface area contributed by atoms with E-state index >= 15 is 0 Å². The molecule has 2 N–H and O–H groups in total. The number of sulfonamides is 1. The van der Waals surface area contributed by atoms with E-state index in [0.717, 1.165) is 12.2 Å². The van der Waals surface area contributed by atoms with Gasteiger partial charge in [-0.15, -0.1) is 0 Å². The highest BCUT2D eigenvalue weighted by molar-refractivity contribution is 9.10. The fraction of sp³-hybridized carbons (Fsp3) is 0.538. The van der Waals surface area contributed by atoms with Crippen LogP contribution in [0.5, 0.6) is 0 Å². The Bertz CT molecular complexity index is 602. The molecule has 20 heavy (non-hydrogen) atoms. The van der Waals surface area contributed by atoms with Gasteiger partial charge < -0.3 is 5.73 Å². The van der Waals surface area contributed by atoms with E-state index in [4.69, 9.17) is 5.73 Å². The topological polar surface area (TPSA) is 63.4 Å². The Kier molecular flexibility index (Phi) is 4.73. The van der Waals surface area contributed by atoms with Gasteiger partial charge in [-0.3, -0.25) is 0 Å². The highest BCUT2D eigenvalue weighted by Gasteiger charge is 2.31. The number of rotatable bonds is 2. The molecule has 0 radical (unpaired) electrons. The number of anilines is 1. The van der Waals surface area contributed by atoms with E-state index in [9.17, 15) is 8.42 Å². The van der Waals surface area contributed by atoms with Crippen molar-refractivity contribution in [1.82, 2.24) is 4.31 Å². The number of hydrogen-bond donors (Lipinski definition) is 1. The zero-order valence-electron chi connectivity index (χ0n) is 11.6. The molecule has 0 saturated carbocycles. The summed E-state index contributed by atoms with van der Waals surface area (Å²) in [6, 6.07) is 4.81. The number of nitrogen functional groups attached to an aromatic ring is 1. The lowest BCUT2D eigenvalue weighted by Crippen LogP contribution is -2.33. The Morgan fingerprint density at radius 3 is 2.70 bits per heavy atom. The first kappa shape index (κ1) is 16.1. The highest BCUT2D eigenvalue weighted by Crippen LogP contribution is 2.34. The van der Waals surface area contributed by atoms with Gasteiger partial charge in [0.05, 0.1) is 4.90 Å². The number of nitrogens with zero attached hydrogens (tertiary/aromatic N) is 1. The summed E-state index contributed by atoms with van der Waals surface area (Å²) in [6.45, 7) is 5.42. The van der Waals surface area contributed by atoms with Gasteiger partial charge in [-0.1, -0.05) is 13.8 Å². The van der Waals surface area contributed by atoms with Crippen LogP contribution in [0.25, 0.3) is 0 Å². The summed E-state index contributed by atoms with van der Waals surface area (Å²) in [6.07, 6.45) is 0.851. The lowest BCUT2D eigenvalue weighted by atomic mass is 10.1. The molecule has 112 valence electrons. The molecule has 0 spiro atoms. The van der Waals surface area contributed by atoms with Crippen LogP contribution in [-0.4, -0.2) is 36.3 Å². The summed E-state index contributed by atoms with van der Waals surface area (Å²) in [5.74, 6) is 0.818. The molecule has 1 aliphatic rings. The number of nitrogens with two attached hydrogens (primary N) is 1. The Hall–Kier alpha value is -0.240. The molecule has 0 bridgehead atoms. The lowest BCUT2D eigenvalue weighted by Gasteiger charge is -2.22. The molecule has 4 nitrogen and oxygen atoms in total. The summed E-state index contributed by atoms with van der Waals surface area (Å²) in [5.41, 5.74) is 6.21. The molecule has 0 unspecified atom stereocenters. The average molecular weight is 379 g/mol. The van der Waals surface area contributed by atoms with Crippen molar-refractivity contribution >= 4 is 43.4 Å². The maximum Gasteiger partial charge on any atom is 0.244 e. The van der Waals surface area contributed by atoms with Crippen LogP contribution in [0.1, 0.15) is 20.3 Å². The highest BCUT2D eigenvalue weighted by atomic mass is 79.9. The molecule has 0 aromatic heterocycles. The van der Waals surface area contributed by atoms with Crippen molar-refractivity contribution in [3.63, 3.8) is 0 Å². The quantitative estimate of drug-likeness (QED) is 0.803. The minimum absolute atomic E-state index is 0.128. The first-order chi connectivity index (χ1) is 9.22. The molecule has 0 atom stereocenters. The van der Waals surface area contributed by atoms with E-state index in [1.165, 1.54) is 0 Å². The third kappa shape index (κ3) is 3.50. The van der Waals surface area contributed by atoms with Crippen molar-refractivity contribution in [2.75, 3.05) is 24.6 Å². The second-order valence-corrected chi connectivity index (χ2v) is 10.0. The monoisotopic (exact) mass is 378 g/mol. The van der Waals surface area contributed by atoms with Gasteiger partial charge in [-0.2, -0.15) is 16.1 Å². The van der Waals surface area contributed by atoms with Gasteiger partial charge in [0.1, 0.15) is 0 Å². The molecule has 1 fully saturated rings. The molecule has 7 heteroatoms. The molecule has 2 rings (SSSR count). The summed E-state index contributed by atoms with van der Waals surface area (Å²) in [5, 5.41) is 0. The van der Waals surface area contributed by atoms with E-state index in [2.05, 4.69) is 29.8 Å². The van der Waals surface area contributed by atoms with Crippen LogP contribution in [0, 0.1) is 0 Å². The van der Waals surface area contributed by atoms with Gasteiger partial charge in [0.2, 0.25) is 10.0 Å². The van der Waals surface area contributed by atoms with Gasteiger partial charge in [0.25, 0.3) is 0 Å². The van der Waals surface area contributed by atoms with E-state index in [0.29, 0.717) is 23.2 Å². The van der Waals surface area contributed by atoms with Crippen molar-refractivity contribution in [3.8, 4) is 0 Å². The van der Waals surface area contributed by atoms with E-state index in [-0.39, 0.29) is 9.64 Å². The van der Waals surface area contributed by atoms with Crippen LogP contribution in [-0.2, 0) is 10.0 Å². The molecule has 1 saturated heterocycles. The van der Waals surface area contributed by atoms with Gasteiger partial charge in [-0.25, -0.2) is 8.42 Å². The van der Waals surface area contributed by atoms with Gasteiger partial charge in [0, 0.05) is 33.7 Å². The second-order valence-electron chi connectivity index (χ2n) is 5.45. The first-order valence-corrected chi connectivity index (χ1v) is 9.63. The predicted molar refractivity (Wildman–Crippen MR) is 88.5 cm³/mol. The molecule has 0 aliphatic carbocycles. The molecule has 1 aliphatic heterocycles. The van der Waals surface area contributed by atoms with E-state index in [1.54, 1.807) is 22.5 Å². The number of thioether (sulfide) groups is 1. The third-order valence-corrected chi connectivity index (χ3v) is 7.62. The number of benzene rings is 1. The third-order valence-electron chi connectivity index (χ3n) is 3.37. The summed E-state index contributed by atoms with van der Waals surface area (Å²) in [7, 11) is -3.47.